The molecule has 17 heavy (non-hydrogen) atoms. The van der Waals surface area contributed by atoms with Crippen molar-refractivity contribution in [3.8, 4) is 0 Å². The number of nitrogens with one attached hydrogen (secondary N) is 1. The molecule has 2 nitrogen and oxygen atoms in total. The zero-order valence-corrected chi connectivity index (χ0v) is 13.0. The average molecular weight is 290 g/mol. The predicted octanol–water partition coefficient (Wildman–Crippen LogP) is 3.29. The number of rotatable bonds is 3. The zero-order valence-electron chi connectivity index (χ0n) is 10.5. The fourth-order valence-corrected chi connectivity index (χ4v) is 3.98. The van der Waals surface area contributed by atoms with Gasteiger partial charge in [0.2, 0.25) is 0 Å². The van der Waals surface area contributed by atoms with Gasteiger partial charge < -0.3 is 5.32 Å². The zero-order chi connectivity index (χ0) is 13.2. The van der Waals surface area contributed by atoms with Crippen LogP contribution in [0.4, 0.5) is 0 Å². The molecule has 94 valence electrons. The number of hydrogen-bond donors (Lipinski definition) is 1. The van der Waals surface area contributed by atoms with Gasteiger partial charge in [-0.15, -0.1) is 0 Å². The molecule has 0 atom stereocenters. The number of benzene rings is 1. The Morgan fingerprint density at radius 2 is 1.88 bits per heavy atom. The van der Waals surface area contributed by atoms with Crippen LogP contribution in [0.5, 0.6) is 0 Å². The van der Waals surface area contributed by atoms with Crippen molar-refractivity contribution in [2.24, 2.45) is 0 Å². The van der Waals surface area contributed by atoms with Crippen molar-refractivity contribution in [3.63, 3.8) is 0 Å². The largest absolute Gasteiger partial charge is 0.352 e. The smallest absolute Gasteiger partial charge is 0.252 e. The molecule has 0 spiro atoms. The van der Waals surface area contributed by atoms with Crippen molar-refractivity contribution in [3.05, 3.63) is 27.7 Å². The van der Waals surface area contributed by atoms with Crippen LogP contribution in [0.15, 0.2) is 12.1 Å². The van der Waals surface area contributed by atoms with Crippen molar-refractivity contribution in [1.29, 1.82) is 0 Å². The minimum absolute atomic E-state index is 0.119. The minimum atomic E-state index is -1.66. The molecule has 0 aliphatic carbocycles. The van der Waals surface area contributed by atoms with Gasteiger partial charge in [0.05, 0.1) is 18.7 Å². The molecular weight excluding hydrogens is 273 g/mol. The molecule has 0 unspecified atom stereocenters. The molecule has 0 heterocycles. The molecule has 1 amide bonds. The quantitative estimate of drug-likeness (QED) is 0.850. The van der Waals surface area contributed by atoms with Crippen LogP contribution in [0, 0.1) is 0 Å². The van der Waals surface area contributed by atoms with Crippen LogP contribution in [0.25, 0.3) is 0 Å². The Morgan fingerprint density at radius 1 is 1.29 bits per heavy atom. The SMILES string of the molecule is CCNC(=O)c1c(Cl)cc(Cl)cc1[Si](C)(C)C. The summed E-state index contributed by atoms with van der Waals surface area (Å²) in [5, 5.41) is 4.81. The first kappa shape index (κ1) is 14.5. The molecule has 5 heteroatoms. The standard InChI is InChI=1S/C12H17Cl2NOSi/c1-5-15-12(16)11-9(14)6-8(13)7-10(11)17(2,3)4/h6-7H,5H2,1-4H3,(H,15,16). The van der Waals surface area contributed by atoms with Gasteiger partial charge in [0.1, 0.15) is 0 Å². The highest BCUT2D eigenvalue weighted by Crippen LogP contribution is 2.22. The van der Waals surface area contributed by atoms with Gasteiger partial charge in [0.15, 0.2) is 0 Å². The Bertz CT molecular complexity index is 441. The number of carbonyl (C=O) groups excluding carboxylic acids is 1. The minimum Gasteiger partial charge on any atom is -0.352 e. The fourth-order valence-electron chi connectivity index (χ4n) is 1.64. The topological polar surface area (TPSA) is 29.1 Å². The number of halogens is 2. The molecule has 1 aromatic rings. The van der Waals surface area contributed by atoms with Crippen LogP contribution in [0.1, 0.15) is 17.3 Å². The Labute approximate surface area is 113 Å². The van der Waals surface area contributed by atoms with E-state index in [1.165, 1.54) is 0 Å². The van der Waals surface area contributed by atoms with Crippen molar-refractivity contribution < 1.29 is 4.79 Å². The van der Waals surface area contributed by atoms with E-state index in [2.05, 4.69) is 25.0 Å². The van der Waals surface area contributed by atoms with E-state index in [4.69, 9.17) is 23.2 Å². The molecule has 0 fully saturated rings. The van der Waals surface area contributed by atoms with E-state index in [0.717, 1.165) is 5.19 Å². The number of carbonyl (C=O) groups is 1. The second-order valence-electron chi connectivity index (χ2n) is 4.92. The lowest BCUT2D eigenvalue weighted by Gasteiger charge is -2.21. The van der Waals surface area contributed by atoms with E-state index < -0.39 is 8.07 Å². The van der Waals surface area contributed by atoms with Gasteiger partial charge in [-0.25, -0.2) is 0 Å². The first-order chi connectivity index (χ1) is 7.77. The van der Waals surface area contributed by atoms with Gasteiger partial charge in [-0.3, -0.25) is 4.79 Å². The van der Waals surface area contributed by atoms with Crippen molar-refractivity contribution in [2.75, 3.05) is 6.54 Å². The third-order valence-corrected chi connectivity index (χ3v) is 4.95. The van der Waals surface area contributed by atoms with Crippen molar-refractivity contribution in [2.45, 2.75) is 26.6 Å². The van der Waals surface area contributed by atoms with E-state index in [1.54, 1.807) is 6.07 Å². The molecular formula is C12H17Cl2NOSi. The van der Waals surface area contributed by atoms with Crippen LogP contribution < -0.4 is 10.5 Å². The summed E-state index contributed by atoms with van der Waals surface area (Å²) in [5.74, 6) is -0.119. The highest BCUT2D eigenvalue weighted by Gasteiger charge is 2.26. The third-order valence-electron chi connectivity index (χ3n) is 2.43. The summed E-state index contributed by atoms with van der Waals surface area (Å²) >= 11 is 12.2. The molecule has 0 radical (unpaired) electrons. The maximum Gasteiger partial charge on any atom is 0.252 e. The predicted molar refractivity (Wildman–Crippen MR) is 77.4 cm³/mol. The third kappa shape index (κ3) is 3.47. The van der Waals surface area contributed by atoms with E-state index in [0.29, 0.717) is 22.2 Å². The summed E-state index contributed by atoms with van der Waals surface area (Å²) in [4.78, 5) is 12.0. The van der Waals surface area contributed by atoms with Gasteiger partial charge in [-0.2, -0.15) is 0 Å². The average Bonchev–Trinajstić information content (AvgIpc) is 2.15. The van der Waals surface area contributed by atoms with Crippen LogP contribution in [-0.4, -0.2) is 20.5 Å². The Balaban J connectivity index is 3.41. The fraction of sp³-hybridized carbons (Fsp3) is 0.417. The highest BCUT2D eigenvalue weighted by molar-refractivity contribution is 6.89. The molecule has 0 bridgehead atoms. The van der Waals surface area contributed by atoms with Gasteiger partial charge in [-0.05, 0) is 24.2 Å². The van der Waals surface area contributed by atoms with Gasteiger partial charge >= 0.3 is 0 Å². The summed E-state index contributed by atoms with van der Waals surface area (Å²) < 4.78 is 0. The molecule has 1 N–H and O–H groups in total. The maximum atomic E-state index is 12.0. The van der Waals surface area contributed by atoms with Crippen molar-refractivity contribution >= 4 is 42.4 Å². The van der Waals surface area contributed by atoms with Crippen molar-refractivity contribution in [1.82, 2.24) is 5.32 Å². The maximum absolute atomic E-state index is 12.0. The van der Waals surface area contributed by atoms with Crippen LogP contribution in [0.2, 0.25) is 29.7 Å². The monoisotopic (exact) mass is 289 g/mol. The molecule has 0 saturated heterocycles. The number of amides is 1. The van der Waals surface area contributed by atoms with Crippen LogP contribution in [0.3, 0.4) is 0 Å². The van der Waals surface area contributed by atoms with E-state index in [-0.39, 0.29) is 5.91 Å². The van der Waals surface area contributed by atoms with E-state index in [9.17, 15) is 4.79 Å². The van der Waals surface area contributed by atoms with Crippen LogP contribution in [-0.2, 0) is 0 Å². The second kappa shape index (κ2) is 5.42. The molecule has 0 saturated carbocycles. The summed E-state index contributed by atoms with van der Waals surface area (Å²) in [7, 11) is -1.66. The molecule has 0 aliphatic rings. The van der Waals surface area contributed by atoms with Gasteiger partial charge in [0.25, 0.3) is 5.91 Å². The van der Waals surface area contributed by atoms with E-state index >= 15 is 0 Å². The first-order valence-electron chi connectivity index (χ1n) is 5.55. The summed E-state index contributed by atoms with van der Waals surface area (Å²) in [6.45, 7) is 8.96. The molecule has 0 aliphatic heterocycles. The summed E-state index contributed by atoms with van der Waals surface area (Å²) in [6, 6.07) is 3.49. The second-order valence-corrected chi connectivity index (χ2v) is 10.8. The lowest BCUT2D eigenvalue weighted by Crippen LogP contribution is -2.43. The Kier molecular flexibility index (Phi) is 4.64. The molecule has 0 aromatic heterocycles. The summed E-state index contributed by atoms with van der Waals surface area (Å²) in [6.07, 6.45) is 0. The van der Waals surface area contributed by atoms with Crippen LogP contribution >= 0.6 is 23.2 Å². The number of hydrogen-bond acceptors (Lipinski definition) is 1. The molecule has 1 rings (SSSR count). The van der Waals surface area contributed by atoms with E-state index in [1.807, 2.05) is 13.0 Å². The Hall–Kier alpha value is -0.513. The first-order valence-corrected chi connectivity index (χ1v) is 9.80. The highest BCUT2D eigenvalue weighted by atomic mass is 35.5. The Morgan fingerprint density at radius 3 is 2.35 bits per heavy atom. The van der Waals surface area contributed by atoms with Gasteiger partial charge in [0, 0.05) is 11.6 Å². The summed E-state index contributed by atoms with van der Waals surface area (Å²) in [5.41, 5.74) is 0.581. The normalized spacial score (nSPS) is 11.4. The lowest BCUT2D eigenvalue weighted by atomic mass is 10.2. The molecule has 1 aromatic carbocycles. The van der Waals surface area contributed by atoms with Gasteiger partial charge in [-0.1, -0.05) is 42.8 Å². The lowest BCUT2D eigenvalue weighted by molar-refractivity contribution is 0.0957.